The number of carbonyl (C=O) groups is 1. The predicted octanol–water partition coefficient (Wildman–Crippen LogP) is 0.854. The highest BCUT2D eigenvalue weighted by atomic mass is 32.1. The molecule has 1 aliphatic carbocycles. The zero-order valence-electron chi connectivity index (χ0n) is 8.40. The third kappa shape index (κ3) is 5.31. The first-order chi connectivity index (χ1) is 7.18. The molecule has 0 spiro atoms. The Morgan fingerprint density at radius 1 is 1.40 bits per heavy atom. The highest BCUT2D eigenvalue weighted by molar-refractivity contribution is 7.80. The van der Waals surface area contributed by atoms with Gasteiger partial charge < -0.3 is 10.4 Å². The van der Waals surface area contributed by atoms with Gasteiger partial charge in [-0.2, -0.15) is 5.10 Å². The molecular weight excluding hydrogens is 214 g/mol. The normalized spacial score (nSPS) is 17.6. The van der Waals surface area contributed by atoms with E-state index in [-0.39, 0.29) is 0 Å². The number of rotatable bonds is 3. The Morgan fingerprint density at radius 3 is 2.67 bits per heavy atom. The predicted molar refractivity (Wildman–Crippen MR) is 61.9 cm³/mol. The van der Waals surface area contributed by atoms with Crippen molar-refractivity contribution in [2.75, 3.05) is 0 Å². The van der Waals surface area contributed by atoms with Crippen molar-refractivity contribution in [3.8, 4) is 0 Å². The average molecular weight is 229 g/mol. The summed E-state index contributed by atoms with van der Waals surface area (Å²) in [5.74, 6) is -1.09. The number of hydrogen-bond donors (Lipinski definition) is 3. The van der Waals surface area contributed by atoms with Crippen LogP contribution in [0.15, 0.2) is 5.10 Å². The van der Waals surface area contributed by atoms with E-state index in [1.807, 2.05) is 0 Å². The topological polar surface area (TPSA) is 73.7 Å². The van der Waals surface area contributed by atoms with E-state index in [9.17, 15) is 4.79 Å². The Balaban J connectivity index is 2.20. The molecule has 0 heterocycles. The highest BCUT2D eigenvalue weighted by Gasteiger charge is 2.13. The number of hydrazone groups is 1. The van der Waals surface area contributed by atoms with Crippen LogP contribution in [0.25, 0.3) is 0 Å². The molecule has 0 bridgehead atoms. The fourth-order valence-electron chi connectivity index (χ4n) is 1.61. The lowest BCUT2D eigenvalue weighted by Gasteiger charge is -2.23. The molecule has 84 valence electrons. The van der Waals surface area contributed by atoms with Gasteiger partial charge in [0.25, 0.3) is 0 Å². The number of nitrogens with one attached hydrogen (secondary N) is 2. The lowest BCUT2D eigenvalue weighted by atomic mass is 9.96. The Hall–Kier alpha value is -1.17. The van der Waals surface area contributed by atoms with Gasteiger partial charge in [0, 0.05) is 6.04 Å². The van der Waals surface area contributed by atoms with Crippen LogP contribution in [0.5, 0.6) is 0 Å². The largest absolute Gasteiger partial charge is 0.477 e. The van der Waals surface area contributed by atoms with Crippen LogP contribution in [0.2, 0.25) is 0 Å². The number of carboxylic acids is 1. The second-order valence-electron chi connectivity index (χ2n) is 3.52. The molecule has 0 aromatic rings. The number of thiocarbonyl (C=S) groups is 1. The Morgan fingerprint density at radius 2 is 2.07 bits per heavy atom. The van der Waals surface area contributed by atoms with Crippen molar-refractivity contribution in [2.24, 2.45) is 5.10 Å². The summed E-state index contributed by atoms with van der Waals surface area (Å²) < 4.78 is 0. The molecule has 1 rings (SSSR count). The first-order valence-electron chi connectivity index (χ1n) is 5.01. The second kappa shape index (κ2) is 6.34. The van der Waals surface area contributed by atoms with Gasteiger partial charge in [0.15, 0.2) is 5.11 Å². The highest BCUT2D eigenvalue weighted by Crippen LogP contribution is 2.16. The smallest absolute Gasteiger partial charge is 0.348 e. The van der Waals surface area contributed by atoms with Crippen molar-refractivity contribution < 1.29 is 9.90 Å². The van der Waals surface area contributed by atoms with Crippen molar-refractivity contribution in [2.45, 2.75) is 38.1 Å². The van der Waals surface area contributed by atoms with Crippen LogP contribution >= 0.6 is 12.2 Å². The molecule has 0 aromatic heterocycles. The van der Waals surface area contributed by atoms with E-state index in [2.05, 4.69) is 15.8 Å². The maximum Gasteiger partial charge on any atom is 0.348 e. The van der Waals surface area contributed by atoms with Crippen LogP contribution in [-0.4, -0.2) is 28.4 Å². The van der Waals surface area contributed by atoms with E-state index in [0.717, 1.165) is 19.1 Å². The van der Waals surface area contributed by atoms with Gasteiger partial charge >= 0.3 is 5.97 Å². The fraction of sp³-hybridized carbons (Fsp3) is 0.667. The second-order valence-corrected chi connectivity index (χ2v) is 3.92. The van der Waals surface area contributed by atoms with Crippen LogP contribution in [-0.2, 0) is 4.79 Å². The van der Waals surface area contributed by atoms with Crippen molar-refractivity contribution in [3.63, 3.8) is 0 Å². The molecule has 0 unspecified atom stereocenters. The standard InChI is InChI=1S/C9H15N3O2S/c13-8(14)6-10-12-9(15)11-7-4-2-1-3-5-7/h6-7H,1-5H2,(H,13,14)(H2,11,12,15). The Labute approximate surface area is 93.9 Å². The monoisotopic (exact) mass is 229 g/mol. The first-order valence-corrected chi connectivity index (χ1v) is 5.42. The van der Waals surface area contributed by atoms with E-state index in [4.69, 9.17) is 17.3 Å². The van der Waals surface area contributed by atoms with Gasteiger partial charge in [0.2, 0.25) is 0 Å². The average Bonchev–Trinajstić information content (AvgIpc) is 2.18. The van der Waals surface area contributed by atoms with Crippen molar-refractivity contribution in [3.05, 3.63) is 0 Å². The van der Waals surface area contributed by atoms with Gasteiger partial charge in [-0.05, 0) is 25.1 Å². The van der Waals surface area contributed by atoms with E-state index in [0.29, 0.717) is 11.2 Å². The summed E-state index contributed by atoms with van der Waals surface area (Å²) in [5, 5.41) is 15.2. The van der Waals surface area contributed by atoms with Crippen LogP contribution < -0.4 is 10.7 Å². The van der Waals surface area contributed by atoms with Crippen LogP contribution in [0.1, 0.15) is 32.1 Å². The molecule has 0 atom stereocenters. The third-order valence-corrected chi connectivity index (χ3v) is 2.49. The van der Waals surface area contributed by atoms with Gasteiger partial charge in [-0.25, -0.2) is 4.79 Å². The van der Waals surface area contributed by atoms with Crippen molar-refractivity contribution in [1.82, 2.24) is 10.7 Å². The zero-order valence-corrected chi connectivity index (χ0v) is 9.22. The summed E-state index contributed by atoms with van der Waals surface area (Å²) in [6.45, 7) is 0. The Bertz CT molecular complexity index is 262. The molecular formula is C9H15N3O2S. The summed E-state index contributed by atoms with van der Waals surface area (Å²) >= 11 is 4.96. The van der Waals surface area contributed by atoms with E-state index >= 15 is 0 Å². The van der Waals surface area contributed by atoms with E-state index < -0.39 is 5.97 Å². The quantitative estimate of drug-likeness (QED) is 0.380. The minimum absolute atomic E-state index is 0.388. The number of hydrogen-bond acceptors (Lipinski definition) is 3. The van der Waals surface area contributed by atoms with Crippen molar-refractivity contribution >= 4 is 29.5 Å². The van der Waals surface area contributed by atoms with Gasteiger partial charge in [-0.15, -0.1) is 0 Å². The van der Waals surface area contributed by atoms with E-state index in [1.165, 1.54) is 19.3 Å². The molecule has 0 aliphatic heterocycles. The third-order valence-electron chi connectivity index (χ3n) is 2.28. The van der Waals surface area contributed by atoms with Crippen LogP contribution in [0, 0.1) is 0 Å². The van der Waals surface area contributed by atoms with Gasteiger partial charge in [0.05, 0.1) is 0 Å². The number of nitrogens with zero attached hydrogens (tertiary/aromatic N) is 1. The van der Waals surface area contributed by atoms with Crippen molar-refractivity contribution in [1.29, 1.82) is 0 Å². The number of aliphatic carboxylic acids is 1. The summed E-state index contributed by atoms with van der Waals surface area (Å²) in [5.41, 5.74) is 2.47. The molecule has 3 N–H and O–H groups in total. The molecule has 0 radical (unpaired) electrons. The first kappa shape index (κ1) is 11.9. The summed E-state index contributed by atoms with van der Waals surface area (Å²) in [7, 11) is 0. The van der Waals surface area contributed by atoms with E-state index in [1.54, 1.807) is 0 Å². The molecule has 0 saturated heterocycles. The Kier molecular flexibility index (Phi) is 5.03. The summed E-state index contributed by atoms with van der Waals surface area (Å²) in [6, 6.07) is 0.402. The lowest BCUT2D eigenvalue weighted by Crippen LogP contribution is -2.41. The summed E-state index contributed by atoms with van der Waals surface area (Å²) in [4.78, 5) is 10.1. The molecule has 5 nitrogen and oxygen atoms in total. The molecule has 0 aromatic carbocycles. The zero-order chi connectivity index (χ0) is 11.1. The number of carboxylic acid groups (broad SMARTS) is 1. The van der Waals surface area contributed by atoms with Crippen LogP contribution in [0.4, 0.5) is 0 Å². The van der Waals surface area contributed by atoms with Gasteiger partial charge in [-0.1, -0.05) is 19.3 Å². The SMILES string of the molecule is O=C(O)C=NNC(=S)NC1CCCCC1. The minimum Gasteiger partial charge on any atom is -0.477 e. The lowest BCUT2D eigenvalue weighted by molar-refractivity contribution is -0.128. The van der Waals surface area contributed by atoms with Gasteiger partial charge in [0.1, 0.15) is 6.21 Å². The van der Waals surface area contributed by atoms with Gasteiger partial charge in [-0.3, -0.25) is 5.43 Å². The fourth-order valence-corrected chi connectivity index (χ4v) is 1.83. The van der Waals surface area contributed by atoms with Crippen LogP contribution in [0.3, 0.4) is 0 Å². The summed E-state index contributed by atoms with van der Waals surface area (Å²) in [6.07, 6.45) is 6.73. The molecule has 1 saturated carbocycles. The maximum absolute atomic E-state index is 10.1. The molecule has 15 heavy (non-hydrogen) atoms. The molecule has 1 aliphatic rings. The molecule has 0 amide bonds. The molecule has 6 heteroatoms. The minimum atomic E-state index is -1.09. The maximum atomic E-state index is 10.1. The molecule has 1 fully saturated rings.